The first-order valence-electron chi connectivity index (χ1n) is 4.80. The highest BCUT2D eigenvalue weighted by Gasteiger charge is 2.03. The van der Waals surface area contributed by atoms with Crippen LogP contribution in [0, 0.1) is 0 Å². The van der Waals surface area contributed by atoms with Gasteiger partial charge in [-0.25, -0.2) is 4.98 Å². The minimum Gasteiger partial charge on any atom is -0.390 e. The van der Waals surface area contributed by atoms with Gasteiger partial charge in [0.2, 0.25) is 0 Å². The van der Waals surface area contributed by atoms with Crippen molar-refractivity contribution in [1.29, 1.82) is 0 Å². The molecule has 0 atom stereocenters. The number of aromatic amines is 1. The van der Waals surface area contributed by atoms with E-state index in [4.69, 9.17) is 5.11 Å². The van der Waals surface area contributed by atoms with Crippen molar-refractivity contribution >= 4 is 27.7 Å². The van der Waals surface area contributed by atoms with Crippen molar-refractivity contribution in [1.82, 2.24) is 9.97 Å². The van der Waals surface area contributed by atoms with Gasteiger partial charge in [0.15, 0.2) is 0 Å². The highest BCUT2D eigenvalue weighted by atomic mass is 79.9. The van der Waals surface area contributed by atoms with Crippen molar-refractivity contribution in [2.24, 2.45) is 0 Å². The van der Waals surface area contributed by atoms with Crippen LogP contribution in [0.2, 0.25) is 0 Å². The summed E-state index contributed by atoms with van der Waals surface area (Å²) in [4.78, 5) is 8.42. The lowest BCUT2D eigenvalue weighted by atomic mass is 10.4. The number of rotatable bonds is 4. The number of nitrogens with one attached hydrogen (secondary N) is 1. The van der Waals surface area contributed by atoms with Crippen LogP contribution in [0.15, 0.2) is 39.8 Å². The van der Waals surface area contributed by atoms with Crippen molar-refractivity contribution in [3.05, 3.63) is 46.5 Å². The summed E-state index contributed by atoms with van der Waals surface area (Å²) in [5.74, 6) is 1.65. The van der Waals surface area contributed by atoms with E-state index in [1.165, 1.54) is 4.90 Å². The van der Waals surface area contributed by atoms with Crippen LogP contribution in [0.1, 0.15) is 11.5 Å². The summed E-state index contributed by atoms with van der Waals surface area (Å²) in [6, 6.07) is 8.08. The average molecular weight is 299 g/mol. The predicted molar refractivity (Wildman–Crippen MR) is 68.2 cm³/mol. The summed E-state index contributed by atoms with van der Waals surface area (Å²) >= 11 is 5.20. The lowest BCUT2D eigenvalue weighted by Gasteiger charge is -2.01. The fraction of sp³-hybridized carbons (Fsp3) is 0.182. The van der Waals surface area contributed by atoms with Gasteiger partial charge in [-0.05, 0) is 28.1 Å². The first-order valence-corrected chi connectivity index (χ1v) is 6.58. The lowest BCUT2D eigenvalue weighted by molar-refractivity contribution is 0.277. The van der Waals surface area contributed by atoms with Gasteiger partial charge < -0.3 is 10.1 Å². The zero-order valence-corrected chi connectivity index (χ0v) is 10.9. The van der Waals surface area contributed by atoms with E-state index in [0.717, 1.165) is 21.7 Å². The number of hydrogen-bond donors (Lipinski definition) is 2. The molecule has 0 aliphatic rings. The Balaban J connectivity index is 1.99. The van der Waals surface area contributed by atoms with Gasteiger partial charge in [-0.2, -0.15) is 0 Å². The average Bonchev–Trinajstić information content (AvgIpc) is 2.76. The van der Waals surface area contributed by atoms with Crippen LogP contribution < -0.4 is 0 Å². The summed E-state index contributed by atoms with van der Waals surface area (Å²) in [5.41, 5.74) is 0.753. The molecule has 2 aromatic rings. The number of nitrogens with zero attached hydrogens (tertiary/aromatic N) is 1. The molecule has 1 heterocycles. The van der Waals surface area contributed by atoms with Crippen LogP contribution in [-0.4, -0.2) is 15.1 Å². The maximum atomic E-state index is 8.89. The minimum absolute atomic E-state index is 0.00664. The molecule has 0 radical (unpaired) electrons. The Labute approximate surface area is 106 Å². The Morgan fingerprint density at radius 1 is 1.38 bits per heavy atom. The Morgan fingerprint density at radius 3 is 2.88 bits per heavy atom. The number of H-pyrrole nitrogens is 1. The van der Waals surface area contributed by atoms with Crippen molar-refractivity contribution in [3.8, 4) is 0 Å². The number of imidazole rings is 1. The van der Waals surface area contributed by atoms with E-state index < -0.39 is 0 Å². The van der Waals surface area contributed by atoms with Gasteiger partial charge in [0.1, 0.15) is 5.82 Å². The third-order valence-corrected chi connectivity index (χ3v) is 4.09. The predicted octanol–water partition coefficient (Wildman–Crippen LogP) is 2.96. The summed E-state index contributed by atoms with van der Waals surface area (Å²) in [5, 5.41) is 8.89. The second kappa shape index (κ2) is 5.52. The van der Waals surface area contributed by atoms with E-state index >= 15 is 0 Å². The van der Waals surface area contributed by atoms with E-state index in [-0.39, 0.29) is 6.61 Å². The molecule has 2 rings (SSSR count). The van der Waals surface area contributed by atoms with Crippen molar-refractivity contribution in [2.75, 3.05) is 0 Å². The first-order chi connectivity index (χ1) is 7.79. The molecule has 0 saturated heterocycles. The summed E-state index contributed by atoms with van der Waals surface area (Å²) in [7, 11) is 0. The number of aliphatic hydroxyl groups excluding tert-OH is 1. The Morgan fingerprint density at radius 2 is 2.19 bits per heavy atom. The summed E-state index contributed by atoms with van der Waals surface area (Å²) in [6.45, 7) is 0.00664. The largest absolute Gasteiger partial charge is 0.390 e. The number of thioether (sulfide) groups is 1. The van der Waals surface area contributed by atoms with Gasteiger partial charge in [-0.15, -0.1) is 11.8 Å². The molecule has 0 fully saturated rings. The van der Waals surface area contributed by atoms with Crippen molar-refractivity contribution < 1.29 is 5.11 Å². The Hall–Kier alpha value is -0.780. The van der Waals surface area contributed by atoms with Gasteiger partial charge in [0.25, 0.3) is 0 Å². The molecule has 0 spiro atoms. The molecule has 5 heteroatoms. The summed E-state index contributed by atoms with van der Waals surface area (Å²) in [6.07, 6.45) is 1.66. The quantitative estimate of drug-likeness (QED) is 0.853. The topological polar surface area (TPSA) is 48.9 Å². The fourth-order valence-corrected chi connectivity index (χ4v) is 2.72. The number of aliphatic hydroxyl groups is 1. The monoisotopic (exact) mass is 298 g/mol. The van der Waals surface area contributed by atoms with E-state index in [1.807, 2.05) is 18.2 Å². The molecular formula is C11H11BrN2OS. The zero-order valence-electron chi connectivity index (χ0n) is 8.48. The second-order valence-electron chi connectivity index (χ2n) is 3.23. The van der Waals surface area contributed by atoms with E-state index in [9.17, 15) is 0 Å². The van der Waals surface area contributed by atoms with Gasteiger partial charge in [-0.1, -0.05) is 12.1 Å². The second-order valence-corrected chi connectivity index (χ2v) is 5.10. The molecule has 3 nitrogen and oxygen atoms in total. The number of hydrogen-bond acceptors (Lipinski definition) is 3. The molecule has 16 heavy (non-hydrogen) atoms. The summed E-state index contributed by atoms with van der Waals surface area (Å²) < 4.78 is 1.09. The van der Waals surface area contributed by atoms with Gasteiger partial charge in [0, 0.05) is 9.37 Å². The highest BCUT2D eigenvalue weighted by molar-refractivity contribution is 9.10. The third-order valence-electron chi connectivity index (χ3n) is 2.05. The number of halogens is 1. The highest BCUT2D eigenvalue weighted by Crippen LogP contribution is 2.28. The maximum absolute atomic E-state index is 8.89. The van der Waals surface area contributed by atoms with Crippen LogP contribution in [0.5, 0.6) is 0 Å². The van der Waals surface area contributed by atoms with E-state index in [2.05, 4.69) is 32.0 Å². The molecule has 0 aliphatic carbocycles. The Bertz CT molecular complexity index is 473. The van der Waals surface area contributed by atoms with Crippen LogP contribution in [0.25, 0.3) is 0 Å². The van der Waals surface area contributed by atoms with Crippen molar-refractivity contribution in [2.45, 2.75) is 17.3 Å². The normalized spacial score (nSPS) is 10.6. The third kappa shape index (κ3) is 2.87. The smallest absolute Gasteiger partial charge is 0.116 e. The molecule has 0 amide bonds. The van der Waals surface area contributed by atoms with Gasteiger partial charge in [0.05, 0.1) is 24.3 Å². The Kier molecular flexibility index (Phi) is 4.04. The molecule has 0 aliphatic heterocycles. The number of benzene rings is 1. The lowest BCUT2D eigenvalue weighted by Crippen LogP contribution is -1.86. The minimum atomic E-state index is 0.00664. The number of aromatic nitrogens is 2. The van der Waals surface area contributed by atoms with Gasteiger partial charge >= 0.3 is 0 Å². The van der Waals surface area contributed by atoms with Crippen LogP contribution >= 0.6 is 27.7 Å². The van der Waals surface area contributed by atoms with Crippen LogP contribution in [0.4, 0.5) is 0 Å². The van der Waals surface area contributed by atoms with Crippen LogP contribution in [0.3, 0.4) is 0 Å². The molecule has 0 saturated carbocycles. The van der Waals surface area contributed by atoms with E-state index in [0.29, 0.717) is 0 Å². The standard InChI is InChI=1S/C11H11BrN2OS/c12-9-3-1-2-4-10(9)16-7-11-13-5-8(6-15)14-11/h1-5,15H,6-7H2,(H,13,14). The molecular weight excluding hydrogens is 288 g/mol. The molecule has 0 unspecified atom stereocenters. The fourth-order valence-electron chi connectivity index (χ4n) is 1.27. The molecule has 1 aromatic carbocycles. The molecule has 1 aromatic heterocycles. The molecule has 0 bridgehead atoms. The molecule has 84 valence electrons. The SMILES string of the molecule is OCc1cnc(CSc2ccccc2Br)[nH]1. The zero-order chi connectivity index (χ0) is 11.4. The van der Waals surface area contributed by atoms with Gasteiger partial charge in [-0.3, -0.25) is 0 Å². The van der Waals surface area contributed by atoms with Crippen LogP contribution in [-0.2, 0) is 12.4 Å². The van der Waals surface area contributed by atoms with Crippen molar-refractivity contribution in [3.63, 3.8) is 0 Å². The maximum Gasteiger partial charge on any atom is 0.116 e. The van der Waals surface area contributed by atoms with E-state index in [1.54, 1.807) is 18.0 Å². The molecule has 2 N–H and O–H groups in total. The first kappa shape index (κ1) is 11.7.